The van der Waals surface area contributed by atoms with Crippen LogP contribution >= 0.6 is 0 Å². The van der Waals surface area contributed by atoms with Gasteiger partial charge in [-0.15, -0.1) is 0 Å². The van der Waals surface area contributed by atoms with Gasteiger partial charge in [0.2, 0.25) is 10.0 Å². The molecule has 0 saturated carbocycles. The minimum atomic E-state index is -4.14. The molecule has 0 unspecified atom stereocenters. The van der Waals surface area contributed by atoms with Gasteiger partial charge in [-0.25, -0.2) is 13.6 Å². The Morgan fingerprint density at radius 2 is 1.88 bits per heavy atom. The average Bonchev–Trinajstić information content (AvgIpc) is 2.80. The molecule has 1 fully saturated rings. The third-order valence-electron chi connectivity index (χ3n) is 5.47. The number of unbranched alkanes of at least 4 members (excludes halogenated alkanes) is 1. The van der Waals surface area contributed by atoms with Crippen molar-refractivity contribution < 1.29 is 22.7 Å². The molecule has 1 aliphatic rings. The molecule has 0 amide bonds. The fourth-order valence-electron chi connectivity index (χ4n) is 3.65. The van der Waals surface area contributed by atoms with E-state index in [0.717, 1.165) is 32.5 Å². The number of ether oxygens (including phenoxy) is 2. The summed E-state index contributed by atoms with van der Waals surface area (Å²) in [6.45, 7) is 6.62. The lowest BCUT2D eigenvalue weighted by Crippen LogP contribution is -2.36. The van der Waals surface area contributed by atoms with Crippen molar-refractivity contribution in [3.05, 3.63) is 48.0 Å². The third-order valence-corrected chi connectivity index (χ3v) is 6.39. The quantitative estimate of drug-likeness (QED) is 0.356. The van der Waals surface area contributed by atoms with Crippen LogP contribution in [-0.2, 0) is 14.8 Å². The molecule has 180 valence electrons. The molecule has 33 heavy (non-hydrogen) atoms. The summed E-state index contributed by atoms with van der Waals surface area (Å²) in [6.07, 6.45) is 2.84. The maximum atomic E-state index is 13.0. The Balaban J connectivity index is 1.86. The smallest absolute Gasteiger partial charge is 0.241 e. The second kappa shape index (κ2) is 12.1. The van der Waals surface area contributed by atoms with Crippen LogP contribution in [0, 0.1) is 0 Å². The van der Waals surface area contributed by atoms with Gasteiger partial charge in [-0.05, 0) is 43.7 Å². The summed E-state index contributed by atoms with van der Waals surface area (Å²) in [5, 5.41) is 8.77. The molecule has 0 bridgehead atoms. The minimum Gasteiger partial charge on any atom is -0.454 e. The molecule has 9 heteroatoms. The second-order valence-electron chi connectivity index (χ2n) is 8.07. The maximum absolute atomic E-state index is 13.0. The number of sulfonamides is 1. The first-order chi connectivity index (χ1) is 15.9. The second-order valence-corrected chi connectivity index (χ2v) is 9.60. The first-order valence-electron chi connectivity index (χ1n) is 11.4. The molecule has 1 heterocycles. The SMILES string of the molecule is CCCCNc1cc(C(=O)CCCN2CCOCC2)cc(S(N)(=O)=O)c1Oc1ccccc1. The summed E-state index contributed by atoms with van der Waals surface area (Å²) < 4.78 is 36.2. The zero-order valence-electron chi connectivity index (χ0n) is 19.1. The van der Waals surface area contributed by atoms with E-state index in [1.807, 2.05) is 6.07 Å². The fourth-order valence-corrected chi connectivity index (χ4v) is 4.35. The zero-order chi connectivity index (χ0) is 23.7. The first kappa shape index (κ1) is 25.2. The van der Waals surface area contributed by atoms with Crippen molar-refractivity contribution in [3.63, 3.8) is 0 Å². The lowest BCUT2D eigenvalue weighted by molar-refractivity contribution is 0.0371. The molecule has 0 spiro atoms. The highest BCUT2D eigenvalue weighted by Gasteiger charge is 2.23. The monoisotopic (exact) mass is 475 g/mol. The van der Waals surface area contributed by atoms with E-state index in [-0.39, 0.29) is 16.4 Å². The number of para-hydroxylation sites is 1. The van der Waals surface area contributed by atoms with E-state index in [1.54, 1.807) is 30.3 Å². The number of carbonyl (C=O) groups excluding carboxylic acids is 1. The predicted molar refractivity (Wildman–Crippen MR) is 129 cm³/mol. The largest absolute Gasteiger partial charge is 0.454 e. The first-order valence-corrected chi connectivity index (χ1v) is 12.9. The van der Waals surface area contributed by atoms with Crippen molar-refractivity contribution in [3.8, 4) is 11.5 Å². The summed E-state index contributed by atoms with van der Waals surface area (Å²) >= 11 is 0. The number of nitrogens with zero attached hydrogens (tertiary/aromatic N) is 1. The molecular formula is C24H33N3O5S. The lowest BCUT2D eigenvalue weighted by atomic mass is 10.0. The Hall–Kier alpha value is -2.46. The summed E-state index contributed by atoms with van der Waals surface area (Å²) in [5.74, 6) is 0.452. The molecule has 2 aromatic rings. The van der Waals surface area contributed by atoms with E-state index in [1.165, 1.54) is 6.07 Å². The highest BCUT2D eigenvalue weighted by molar-refractivity contribution is 7.89. The van der Waals surface area contributed by atoms with Crippen molar-refractivity contribution in [2.24, 2.45) is 5.14 Å². The molecule has 3 N–H and O–H groups in total. The molecule has 0 aromatic heterocycles. The van der Waals surface area contributed by atoms with E-state index in [4.69, 9.17) is 14.6 Å². The van der Waals surface area contributed by atoms with E-state index in [2.05, 4.69) is 17.1 Å². The highest BCUT2D eigenvalue weighted by Crippen LogP contribution is 2.37. The molecule has 1 aliphatic heterocycles. The van der Waals surface area contributed by atoms with Crippen LogP contribution in [0.2, 0.25) is 0 Å². The zero-order valence-corrected chi connectivity index (χ0v) is 19.9. The third kappa shape index (κ3) is 7.53. The number of carbonyl (C=O) groups is 1. The number of primary sulfonamides is 1. The van der Waals surface area contributed by atoms with Crippen LogP contribution in [0.15, 0.2) is 47.4 Å². The normalized spacial score (nSPS) is 14.7. The van der Waals surface area contributed by atoms with Crippen LogP contribution < -0.4 is 15.2 Å². The summed E-state index contributed by atoms with van der Waals surface area (Å²) in [6, 6.07) is 11.9. The number of nitrogens with two attached hydrogens (primary N) is 1. The van der Waals surface area contributed by atoms with Crippen LogP contribution in [-0.4, -0.2) is 58.5 Å². The molecule has 0 atom stereocenters. The number of anilines is 1. The number of Topliss-reactive ketones (excluding diaryl/α,β-unsaturated/α-hetero) is 1. The Morgan fingerprint density at radius 1 is 1.15 bits per heavy atom. The van der Waals surface area contributed by atoms with E-state index in [0.29, 0.717) is 49.6 Å². The number of morpholine rings is 1. The molecule has 2 aromatic carbocycles. The van der Waals surface area contributed by atoms with E-state index < -0.39 is 10.0 Å². The molecule has 8 nitrogen and oxygen atoms in total. The topological polar surface area (TPSA) is 111 Å². The van der Waals surface area contributed by atoms with Gasteiger partial charge in [0, 0.05) is 31.6 Å². The number of ketones is 1. The van der Waals surface area contributed by atoms with Crippen LogP contribution in [0.1, 0.15) is 43.0 Å². The average molecular weight is 476 g/mol. The van der Waals surface area contributed by atoms with Crippen molar-refractivity contribution in [1.82, 2.24) is 4.90 Å². The minimum absolute atomic E-state index is 0.102. The Morgan fingerprint density at radius 3 is 2.55 bits per heavy atom. The Labute approximate surface area is 196 Å². The molecule has 0 aliphatic carbocycles. The predicted octanol–water partition coefficient (Wildman–Crippen LogP) is 3.63. The van der Waals surface area contributed by atoms with E-state index in [9.17, 15) is 13.2 Å². The van der Waals surface area contributed by atoms with Gasteiger partial charge in [-0.2, -0.15) is 0 Å². The van der Waals surface area contributed by atoms with Gasteiger partial charge >= 0.3 is 0 Å². The van der Waals surface area contributed by atoms with Gasteiger partial charge in [-0.3, -0.25) is 9.69 Å². The van der Waals surface area contributed by atoms with Crippen LogP contribution in [0.3, 0.4) is 0 Å². The number of hydrogen-bond acceptors (Lipinski definition) is 7. The van der Waals surface area contributed by atoms with Crippen molar-refractivity contribution in [1.29, 1.82) is 0 Å². The molecular weight excluding hydrogens is 442 g/mol. The van der Waals surface area contributed by atoms with Gasteiger partial charge in [0.25, 0.3) is 0 Å². The number of nitrogens with one attached hydrogen (secondary N) is 1. The van der Waals surface area contributed by atoms with Crippen molar-refractivity contribution >= 4 is 21.5 Å². The van der Waals surface area contributed by atoms with Gasteiger partial charge in [0.1, 0.15) is 10.6 Å². The number of rotatable bonds is 12. The lowest BCUT2D eigenvalue weighted by Gasteiger charge is -2.26. The molecule has 1 saturated heterocycles. The Kier molecular flexibility index (Phi) is 9.25. The van der Waals surface area contributed by atoms with Crippen LogP contribution in [0.25, 0.3) is 0 Å². The summed E-state index contributed by atoms with van der Waals surface area (Å²) in [7, 11) is -4.14. The molecule has 3 rings (SSSR count). The fraction of sp³-hybridized carbons (Fsp3) is 0.458. The molecule has 0 radical (unpaired) electrons. The summed E-state index contributed by atoms with van der Waals surface area (Å²) in [4.78, 5) is 15.0. The number of benzene rings is 2. The van der Waals surface area contributed by atoms with Gasteiger partial charge < -0.3 is 14.8 Å². The van der Waals surface area contributed by atoms with Crippen LogP contribution in [0.5, 0.6) is 11.5 Å². The van der Waals surface area contributed by atoms with Gasteiger partial charge in [0.15, 0.2) is 11.5 Å². The standard InChI is InChI=1S/C24H33N3O5S/c1-2-3-11-26-21-17-19(22(28)10-7-12-27-13-15-31-16-14-27)18-23(33(25,29)30)24(21)32-20-8-5-4-6-9-20/h4-6,8-9,17-18,26H,2-3,7,10-16H2,1H3,(H2,25,29,30). The number of hydrogen-bond donors (Lipinski definition) is 2. The van der Waals surface area contributed by atoms with Crippen molar-refractivity contribution in [2.75, 3.05) is 44.7 Å². The maximum Gasteiger partial charge on any atom is 0.241 e. The van der Waals surface area contributed by atoms with Gasteiger partial charge in [-0.1, -0.05) is 31.5 Å². The highest BCUT2D eigenvalue weighted by atomic mass is 32.2. The van der Waals surface area contributed by atoms with Crippen LogP contribution in [0.4, 0.5) is 5.69 Å². The van der Waals surface area contributed by atoms with Gasteiger partial charge in [0.05, 0.1) is 18.9 Å². The van der Waals surface area contributed by atoms with E-state index >= 15 is 0 Å². The van der Waals surface area contributed by atoms with Crippen molar-refractivity contribution in [2.45, 2.75) is 37.5 Å². The summed E-state index contributed by atoms with van der Waals surface area (Å²) in [5.41, 5.74) is 0.746. The Bertz CT molecular complexity index is 1020.